The van der Waals surface area contributed by atoms with Crippen LogP contribution in [0.4, 0.5) is 0 Å². The molecule has 0 aromatic carbocycles. The van der Waals surface area contributed by atoms with Gasteiger partial charge in [-0.15, -0.1) is 23.2 Å². The molecule has 2 aromatic heterocycles. The number of pyridine rings is 2. The van der Waals surface area contributed by atoms with Gasteiger partial charge < -0.3 is 4.74 Å². The van der Waals surface area contributed by atoms with Gasteiger partial charge in [0.05, 0.1) is 10.3 Å². The molecule has 2 fully saturated rings. The van der Waals surface area contributed by atoms with Gasteiger partial charge in [-0.2, -0.15) is 0 Å². The summed E-state index contributed by atoms with van der Waals surface area (Å²) in [4.78, 5) is 20.1. The first-order chi connectivity index (χ1) is 12.0. The summed E-state index contributed by atoms with van der Waals surface area (Å²) in [5.41, 5.74) is 2.21. The van der Waals surface area contributed by atoms with Crippen LogP contribution >= 0.6 is 34.8 Å². The lowest BCUT2D eigenvalue weighted by molar-refractivity contribution is 0.0198. The molecule has 0 saturated heterocycles. The summed E-state index contributed by atoms with van der Waals surface area (Å²) in [6.07, 6.45) is 3.99. The topological polar surface area (TPSA) is 52.1 Å². The number of aromatic nitrogens is 2. The first kappa shape index (κ1) is 15.9. The number of ether oxygens (including phenoxy) is 1. The SMILES string of the molecule is O=C(OC[C@]1(Cl)C[C@@H]2c3cccnc3[C@H]3[C@@H](Cl)[C@@]231)c1cc(Cl)ccn1. The predicted octanol–water partition coefficient (Wildman–Crippen LogP) is 4.16. The van der Waals surface area contributed by atoms with Crippen molar-refractivity contribution in [1.29, 1.82) is 0 Å². The van der Waals surface area contributed by atoms with Crippen molar-refractivity contribution in [3.63, 3.8) is 0 Å². The van der Waals surface area contributed by atoms with Gasteiger partial charge in [-0.3, -0.25) is 4.98 Å². The summed E-state index contributed by atoms with van der Waals surface area (Å²) in [5.74, 6) is -0.0897. The zero-order chi connectivity index (χ0) is 17.4. The molecule has 7 heteroatoms. The smallest absolute Gasteiger partial charge is 0.357 e. The molecule has 0 amide bonds. The van der Waals surface area contributed by atoms with E-state index in [1.807, 2.05) is 6.07 Å². The normalized spacial score (nSPS) is 36.7. The van der Waals surface area contributed by atoms with Gasteiger partial charge in [-0.1, -0.05) is 17.7 Å². The number of hydrogen-bond acceptors (Lipinski definition) is 4. The fourth-order valence-electron chi connectivity index (χ4n) is 4.82. The molecule has 0 bridgehead atoms. The van der Waals surface area contributed by atoms with E-state index in [1.54, 1.807) is 12.3 Å². The van der Waals surface area contributed by atoms with Crippen LogP contribution in [-0.4, -0.2) is 32.8 Å². The van der Waals surface area contributed by atoms with Crippen molar-refractivity contribution >= 4 is 40.8 Å². The molecule has 0 radical (unpaired) electrons. The lowest BCUT2D eigenvalue weighted by Gasteiger charge is -2.51. The number of alkyl halides is 2. The van der Waals surface area contributed by atoms with Crippen molar-refractivity contribution in [2.24, 2.45) is 5.41 Å². The van der Waals surface area contributed by atoms with Crippen LogP contribution < -0.4 is 0 Å². The van der Waals surface area contributed by atoms with Crippen molar-refractivity contribution in [2.45, 2.75) is 28.5 Å². The van der Waals surface area contributed by atoms with Crippen molar-refractivity contribution in [3.05, 3.63) is 58.6 Å². The second kappa shape index (κ2) is 5.09. The highest BCUT2D eigenvalue weighted by molar-refractivity contribution is 6.31. The maximum Gasteiger partial charge on any atom is 0.357 e. The van der Waals surface area contributed by atoms with Crippen molar-refractivity contribution in [1.82, 2.24) is 9.97 Å². The summed E-state index contributed by atoms with van der Waals surface area (Å²) >= 11 is 19.4. The Morgan fingerprint density at radius 1 is 1.32 bits per heavy atom. The maximum atomic E-state index is 12.2. The number of carbonyl (C=O) groups is 1. The second-order valence-electron chi connectivity index (χ2n) is 6.95. The fourth-order valence-corrected chi connectivity index (χ4v) is 6.36. The zero-order valence-corrected chi connectivity index (χ0v) is 15.2. The van der Waals surface area contributed by atoms with Crippen LogP contribution in [0.1, 0.15) is 40.0 Å². The van der Waals surface area contributed by atoms with Gasteiger partial charge in [0, 0.05) is 34.4 Å². The van der Waals surface area contributed by atoms with E-state index in [-0.39, 0.29) is 29.0 Å². The standard InChI is InChI=1S/C18H13Cl3N2O2/c19-9-3-5-22-12(6-9)16(24)25-8-17(21)7-11-10-2-1-4-23-14(10)13-15(20)18(11,13)17/h1-6,11,13,15H,7-8H2/t11-,13+,15-,17-,18-/m1/s1. The molecular formula is C18H13Cl3N2O2. The fraction of sp³-hybridized carbons (Fsp3) is 0.389. The molecular weight excluding hydrogens is 383 g/mol. The molecule has 3 aliphatic carbocycles. The minimum atomic E-state index is -0.663. The van der Waals surface area contributed by atoms with E-state index in [1.165, 1.54) is 17.8 Å². The predicted molar refractivity (Wildman–Crippen MR) is 94.5 cm³/mol. The summed E-state index contributed by atoms with van der Waals surface area (Å²) in [6, 6.07) is 7.13. The lowest BCUT2D eigenvalue weighted by atomic mass is 9.60. The van der Waals surface area contributed by atoms with Crippen LogP contribution in [0.5, 0.6) is 0 Å². The number of nitrogens with zero attached hydrogens (tertiary/aromatic N) is 2. The quantitative estimate of drug-likeness (QED) is 0.578. The van der Waals surface area contributed by atoms with Crippen molar-refractivity contribution in [2.75, 3.05) is 6.61 Å². The largest absolute Gasteiger partial charge is 0.459 e. The molecule has 0 unspecified atom stereocenters. The number of esters is 1. The molecule has 3 aliphatic rings. The van der Waals surface area contributed by atoms with E-state index in [2.05, 4.69) is 16.0 Å². The highest BCUT2D eigenvalue weighted by Gasteiger charge is 2.87. The van der Waals surface area contributed by atoms with Gasteiger partial charge in [0.15, 0.2) is 0 Å². The van der Waals surface area contributed by atoms with Gasteiger partial charge in [0.25, 0.3) is 0 Å². The Kier molecular flexibility index (Phi) is 3.23. The molecule has 5 atom stereocenters. The Balaban J connectivity index is 1.36. The zero-order valence-electron chi connectivity index (χ0n) is 13.0. The average molecular weight is 396 g/mol. The Morgan fingerprint density at radius 2 is 2.16 bits per heavy atom. The van der Waals surface area contributed by atoms with Crippen molar-refractivity contribution in [3.8, 4) is 0 Å². The van der Waals surface area contributed by atoms with E-state index in [0.29, 0.717) is 10.9 Å². The average Bonchev–Trinajstić information content (AvgIpc) is 3.18. The minimum absolute atomic E-state index is 0.0610. The third kappa shape index (κ3) is 1.88. The number of carbonyl (C=O) groups excluding carboxylic acids is 1. The number of halogens is 3. The summed E-state index contributed by atoms with van der Waals surface area (Å²) < 4.78 is 5.47. The van der Waals surface area contributed by atoms with Crippen LogP contribution in [0, 0.1) is 5.41 Å². The second-order valence-corrected chi connectivity index (χ2v) is 8.58. The van der Waals surface area contributed by atoms with Crippen LogP contribution in [0.2, 0.25) is 5.02 Å². The van der Waals surface area contributed by atoms with Gasteiger partial charge in [-0.25, -0.2) is 9.78 Å². The van der Waals surface area contributed by atoms with Crippen LogP contribution in [0.3, 0.4) is 0 Å². The summed E-state index contributed by atoms with van der Waals surface area (Å²) in [5, 5.41) is 0.374. The molecule has 128 valence electrons. The molecule has 0 N–H and O–H groups in total. The molecule has 25 heavy (non-hydrogen) atoms. The molecule has 1 spiro atoms. The van der Waals surface area contributed by atoms with Gasteiger partial charge >= 0.3 is 5.97 Å². The van der Waals surface area contributed by atoms with Crippen LogP contribution in [-0.2, 0) is 4.74 Å². The highest BCUT2D eigenvalue weighted by Crippen LogP contribution is 2.87. The Hall–Kier alpha value is -1.36. The Labute approximate surface area is 159 Å². The van der Waals surface area contributed by atoms with E-state index < -0.39 is 10.8 Å². The third-order valence-corrected chi connectivity index (χ3v) is 7.38. The van der Waals surface area contributed by atoms with Crippen LogP contribution in [0.15, 0.2) is 36.7 Å². The Bertz CT molecular complexity index is 903. The van der Waals surface area contributed by atoms with E-state index in [4.69, 9.17) is 39.5 Å². The summed E-state index contributed by atoms with van der Waals surface area (Å²) in [7, 11) is 0. The van der Waals surface area contributed by atoms with Gasteiger partial charge in [0.1, 0.15) is 12.3 Å². The molecule has 2 heterocycles. The van der Waals surface area contributed by atoms with E-state index >= 15 is 0 Å². The van der Waals surface area contributed by atoms with Gasteiger partial charge in [-0.05, 0) is 36.1 Å². The summed E-state index contributed by atoms with van der Waals surface area (Å²) in [6.45, 7) is 0.103. The number of fused-ring (bicyclic) bond motifs is 3. The molecule has 5 rings (SSSR count). The minimum Gasteiger partial charge on any atom is -0.459 e. The Morgan fingerprint density at radius 3 is 2.96 bits per heavy atom. The highest BCUT2D eigenvalue weighted by atomic mass is 35.5. The first-order valence-corrected chi connectivity index (χ1v) is 9.25. The lowest BCUT2D eigenvalue weighted by Crippen LogP contribution is -2.54. The van der Waals surface area contributed by atoms with Gasteiger partial charge in [0.2, 0.25) is 0 Å². The third-order valence-electron chi connectivity index (χ3n) is 5.94. The van der Waals surface area contributed by atoms with E-state index in [0.717, 1.165) is 12.1 Å². The van der Waals surface area contributed by atoms with E-state index in [9.17, 15) is 4.79 Å². The molecule has 2 saturated carbocycles. The van der Waals surface area contributed by atoms with Crippen LogP contribution in [0.25, 0.3) is 0 Å². The maximum absolute atomic E-state index is 12.2. The molecule has 2 aromatic rings. The monoisotopic (exact) mass is 394 g/mol. The number of rotatable bonds is 3. The molecule has 4 nitrogen and oxygen atoms in total. The van der Waals surface area contributed by atoms with Crippen molar-refractivity contribution < 1.29 is 9.53 Å². The first-order valence-electron chi connectivity index (χ1n) is 8.05. The molecule has 0 aliphatic heterocycles. The number of hydrogen-bond donors (Lipinski definition) is 0.